The van der Waals surface area contributed by atoms with Gasteiger partial charge in [0.15, 0.2) is 0 Å². The van der Waals surface area contributed by atoms with Crippen LogP contribution in [0.3, 0.4) is 0 Å². The first-order chi connectivity index (χ1) is 10.4. The third kappa shape index (κ3) is 4.26. The number of alkyl carbamates (subject to hydrolysis) is 1. The Morgan fingerprint density at radius 1 is 1.04 bits per heavy atom. The van der Waals surface area contributed by atoms with Crippen LogP contribution in [-0.2, 0) is 11.3 Å². The van der Waals surface area contributed by atoms with E-state index in [1.807, 2.05) is 0 Å². The second kappa shape index (κ2) is 6.63. The molecular formula is C13H12F7NO2. The topological polar surface area (TPSA) is 38.3 Å². The van der Waals surface area contributed by atoms with Crippen molar-refractivity contribution < 1.29 is 40.3 Å². The third-order valence-corrected chi connectivity index (χ3v) is 3.10. The Hall–Kier alpha value is -2.00. The number of alkyl halides is 6. The van der Waals surface area contributed by atoms with Crippen molar-refractivity contribution in [2.75, 3.05) is 0 Å². The van der Waals surface area contributed by atoms with Crippen molar-refractivity contribution in [3.8, 4) is 0 Å². The van der Waals surface area contributed by atoms with Gasteiger partial charge in [0.25, 0.3) is 0 Å². The van der Waals surface area contributed by atoms with Crippen LogP contribution in [0.15, 0.2) is 24.3 Å². The van der Waals surface area contributed by atoms with Crippen molar-refractivity contribution in [2.45, 2.75) is 37.8 Å². The molecule has 10 heteroatoms. The molecule has 1 aromatic rings. The SMILES string of the molecule is CCC(NC(=O)OCc1ccc(F)cc1)(C(F)(F)F)C(F)(F)F. The van der Waals surface area contributed by atoms with Gasteiger partial charge in [-0.3, -0.25) is 5.32 Å². The number of hydrogen-bond acceptors (Lipinski definition) is 2. The standard InChI is InChI=1S/C13H12F7NO2/c1-2-11(12(15,16)17,13(18,19)20)21-10(22)23-7-8-3-5-9(14)6-4-8/h3-6H,2,7H2,1H3,(H,21,22). The number of nitrogens with one attached hydrogen (secondary N) is 1. The summed E-state index contributed by atoms with van der Waals surface area (Å²) in [5.74, 6) is -0.600. The molecule has 0 aliphatic carbocycles. The molecule has 130 valence electrons. The van der Waals surface area contributed by atoms with Crippen molar-refractivity contribution in [1.82, 2.24) is 5.32 Å². The summed E-state index contributed by atoms with van der Waals surface area (Å²) < 4.78 is 93.8. The maximum atomic E-state index is 12.8. The van der Waals surface area contributed by atoms with Crippen LogP contribution in [0.4, 0.5) is 35.5 Å². The van der Waals surface area contributed by atoms with Crippen molar-refractivity contribution in [3.63, 3.8) is 0 Å². The summed E-state index contributed by atoms with van der Waals surface area (Å²) in [4.78, 5) is 11.3. The van der Waals surface area contributed by atoms with Gasteiger partial charge in [0.05, 0.1) is 0 Å². The fourth-order valence-electron chi connectivity index (χ4n) is 1.73. The molecule has 0 bridgehead atoms. The summed E-state index contributed by atoms with van der Waals surface area (Å²) in [7, 11) is 0. The zero-order valence-corrected chi connectivity index (χ0v) is 11.7. The zero-order chi connectivity index (χ0) is 17.9. The molecule has 0 aliphatic heterocycles. The second-order valence-corrected chi connectivity index (χ2v) is 4.58. The first-order valence-electron chi connectivity index (χ1n) is 6.26. The van der Waals surface area contributed by atoms with Gasteiger partial charge in [-0.05, 0) is 24.1 Å². The van der Waals surface area contributed by atoms with Crippen LogP contribution >= 0.6 is 0 Å². The molecule has 1 amide bonds. The predicted molar refractivity (Wildman–Crippen MR) is 64.9 cm³/mol. The van der Waals surface area contributed by atoms with Gasteiger partial charge in [-0.2, -0.15) is 26.3 Å². The molecule has 1 rings (SSSR count). The average molecular weight is 347 g/mol. The minimum Gasteiger partial charge on any atom is -0.445 e. The predicted octanol–water partition coefficient (Wildman–Crippen LogP) is 4.33. The average Bonchev–Trinajstić information content (AvgIpc) is 2.41. The molecule has 0 fully saturated rings. The smallest absolute Gasteiger partial charge is 0.420 e. The number of benzene rings is 1. The van der Waals surface area contributed by atoms with Crippen LogP contribution in [0.2, 0.25) is 0 Å². The fourth-order valence-corrected chi connectivity index (χ4v) is 1.73. The van der Waals surface area contributed by atoms with Crippen LogP contribution in [0.5, 0.6) is 0 Å². The van der Waals surface area contributed by atoms with Crippen molar-refractivity contribution in [2.24, 2.45) is 0 Å². The van der Waals surface area contributed by atoms with E-state index < -0.39 is 42.8 Å². The molecule has 0 unspecified atom stereocenters. The molecule has 0 saturated carbocycles. The Morgan fingerprint density at radius 2 is 1.52 bits per heavy atom. The van der Waals surface area contributed by atoms with Crippen LogP contribution in [0.25, 0.3) is 0 Å². The molecule has 0 atom stereocenters. The Balaban J connectivity index is 2.84. The number of rotatable bonds is 4. The summed E-state index contributed by atoms with van der Waals surface area (Å²) in [6.45, 7) is 0.0306. The van der Waals surface area contributed by atoms with Gasteiger partial charge in [-0.15, -0.1) is 0 Å². The van der Waals surface area contributed by atoms with Crippen LogP contribution in [0.1, 0.15) is 18.9 Å². The van der Waals surface area contributed by atoms with E-state index in [-0.39, 0.29) is 5.56 Å². The Morgan fingerprint density at radius 3 is 1.91 bits per heavy atom. The number of ether oxygens (including phenoxy) is 1. The van der Waals surface area contributed by atoms with Gasteiger partial charge < -0.3 is 4.74 Å². The molecular weight excluding hydrogens is 335 g/mol. The summed E-state index contributed by atoms with van der Waals surface area (Å²) in [5.41, 5.74) is -4.21. The van der Waals surface area contributed by atoms with Gasteiger partial charge in [0.1, 0.15) is 12.4 Å². The second-order valence-electron chi connectivity index (χ2n) is 4.58. The van der Waals surface area contributed by atoms with Crippen LogP contribution in [-0.4, -0.2) is 24.0 Å². The van der Waals surface area contributed by atoms with Crippen molar-refractivity contribution in [1.29, 1.82) is 0 Å². The minimum absolute atomic E-state index is 0.197. The van der Waals surface area contributed by atoms with Crippen molar-refractivity contribution >= 4 is 6.09 Å². The molecule has 0 aliphatic rings. The van der Waals surface area contributed by atoms with E-state index in [0.717, 1.165) is 17.4 Å². The Bertz CT molecular complexity index is 523. The fraction of sp³-hybridized carbons (Fsp3) is 0.462. The van der Waals surface area contributed by atoms with Crippen LogP contribution in [0, 0.1) is 5.82 Å². The molecule has 1 aromatic carbocycles. The lowest BCUT2D eigenvalue weighted by molar-refractivity contribution is -0.305. The first kappa shape index (κ1) is 19.0. The third-order valence-electron chi connectivity index (χ3n) is 3.10. The van der Waals surface area contributed by atoms with E-state index in [1.165, 1.54) is 12.1 Å². The monoisotopic (exact) mass is 347 g/mol. The first-order valence-corrected chi connectivity index (χ1v) is 6.26. The summed E-state index contributed by atoms with van der Waals surface area (Å²) >= 11 is 0. The molecule has 3 nitrogen and oxygen atoms in total. The number of carbonyl (C=O) groups is 1. The highest BCUT2D eigenvalue weighted by Gasteiger charge is 2.70. The summed E-state index contributed by atoms with van der Waals surface area (Å²) in [5, 5.41) is 0.856. The van der Waals surface area contributed by atoms with E-state index in [1.54, 1.807) is 0 Å². The van der Waals surface area contributed by atoms with E-state index in [9.17, 15) is 35.5 Å². The van der Waals surface area contributed by atoms with Gasteiger partial charge >= 0.3 is 18.4 Å². The highest BCUT2D eigenvalue weighted by molar-refractivity contribution is 5.68. The lowest BCUT2D eigenvalue weighted by Gasteiger charge is -2.36. The highest BCUT2D eigenvalue weighted by Crippen LogP contribution is 2.45. The molecule has 0 heterocycles. The zero-order valence-electron chi connectivity index (χ0n) is 11.7. The number of amides is 1. The molecule has 1 N–H and O–H groups in total. The van der Waals surface area contributed by atoms with Gasteiger partial charge in [-0.25, -0.2) is 9.18 Å². The van der Waals surface area contributed by atoms with Gasteiger partial charge in [0, 0.05) is 0 Å². The number of halogens is 7. The summed E-state index contributed by atoms with van der Waals surface area (Å²) in [6, 6.07) is 4.34. The quantitative estimate of drug-likeness (QED) is 0.824. The molecule has 0 spiro atoms. The largest absolute Gasteiger partial charge is 0.445 e. The lowest BCUT2D eigenvalue weighted by Crippen LogP contribution is -2.67. The Kier molecular flexibility index (Phi) is 5.49. The van der Waals surface area contributed by atoms with E-state index in [4.69, 9.17) is 0 Å². The Labute approximate surface area is 126 Å². The lowest BCUT2D eigenvalue weighted by atomic mass is 9.94. The van der Waals surface area contributed by atoms with Crippen LogP contribution < -0.4 is 5.32 Å². The van der Waals surface area contributed by atoms with E-state index in [0.29, 0.717) is 6.92 Å². The summed E-state index contributed by atoms with van der Waals surface area (Å²) in [6.07, 6.45) is -14.8. The normalized spacial score (nSPS) is 12.9. The molecule has 0 radical (unpaired) electrons. The van der Waals surface area contributed by atoms with E-state index in [2.05, 4.69) is 4.74 Å². The van der Waals surface area contributed by atoms with Gasteiger partial charge in [-0.1, -0.05) is 19.1 Å². The highest BCUT2D eigenvalue weighted by atomic mass is 19.4. The molecule has 23 heavy (non-hydrogen) atoms. The van der Waals surface area contributed by atoms with E-state index >= 15 is 0 Å². The number of carbonyl (C=O) groups excluding carboxylic acids is 1. The molecule has 0 saturated heterocycles. The molecule has 0 aromatic heterocycles. The maximum absolute atomic E-state index is 12.8. The number of hydrogen-bond donors (Lipinski definition) is 1. The van der Waals surface area contributed by atoms with Gasteiger partial charge in [0.2, 0.25) is 5.54 Å². The van der Waals surface area contributed by atoms with Crippen molar-refractivity contribution in [3.05, 3.63) is 35.6 Å². The minimum atomic E-state index is -5.76. The maximum Gasteiger partial charge on any atom is 0.420 e.